The standard InChI is InChI=1S/C27H31N3O4/c1-3-34-26(32)25(31)23-18(2)30(22-14-5-4-6-15-22)27(33)29-24(23)20-11-9-10-19(16-20)17-28-21-12-7-8-13-21/h4-6,9-11,14-16,21,24,28H,3,7-8,12-13,17H2,1-2H3,(H,29,33). The molecule has 2 aromatic rings. The molecule has 178 valence electrons. The van der Waals surface area contributed by atoms with Crippen LogP contribution in [0.2, 0.25) is 0 Å². The molecule has 2 N–H and O–H groups in total. The van der Waals surface area contributed by atoms with Gasteiger partial charge in [0, 0.05) is 18.3 Å². The third kappa shape index (κ3) is 5.04. The van der Waals surface area contributed by atoms with Crippen molar-refractivity contribution in [1.82, 2.24) is 10.6 Å². The van der Waals surface area contributed by atoms with Crippen molar-refractivity contribution < 1.29 is 19.1 Å². The zero-order valence-electron chi connectivity index (χ0n) is 19.7. The molecular formula is C27H31N3O4. The summed E-state index contributed by atoms with van der Waals surface area (Å²) >= 11 is 0. The molecule has 4 rings (SSSR count). The van der Waals surface area contributed by atoms with Gasteiger partial charge in [-0.05, 0) is 49.9 Å². The van der Waals surface area contributed by atoms with Gasteiger partial charge < -0.3 is 15.4 Å². The number of para-hydroxylation sites is 1. The number of urea groups is 1. The average molecular weight is 462 g/mol. The predicted molar refractivity (Wildman–Crippen MR) is 130 cm³/mol. The van der Waals surface area contributed by atoms with Crippen molar-refractivity contribution in [3.8, 4) is 0 Å². The van der Waals surface area contributed by atoms with E-state index in [1.165, 1.54) is 30.6 Å². The number of nitrogens with zero attached hydrogens (tertiary/aromatic N) is 1. The SMILES string of the molecule is CCOC(=O)C(=O)C1=C(C)N(c2ccccc2)C(=O)NC1c1cccc(CNC2CCCC2)c1. The van der Waals surface area contributed by atoms with Crippen molar-refractivity contribution in [3.63, 3.8) is 0 Å². The quantitative estimate of drug-likeness (QED) is 0.450. The number of hydrogen-bond donors (Lipinski definition) is 2. The van der Waals surface area contributed by atoms with Crippen LogP contribution < -0.4 is 15.5 Å². The highest BCUT2D eigenvalue weighted by atomic mass is 16.5. The molecule has 1 unspecified atom stereocenters. The highest BCUT2D eigenvalue weighted by Crippen LogP contribution is 2.34. The number of rotatable bonds is 8. The number of esters is 1. The fraction of sp³-hybridized carbons (Fsp3) is 0.370. The Morgan fingerprint density at radius 2 is 1.82 bits per heavy atom. The number of Topliss-reactive ketones (excluding diaryl/α,β-unsaturated/α-hetero) is 1. The number of carbonyl (C=O) groups is 3. The van der Waals surface area contributed by atoms with E-state index in [1.54, 1.807) is 26.0 Å². The Balaban J connectivity index is 1.69. The maximum absolute atomic E-state index is 13.2. The van der Waals surface area contributed by atoms with E-state index in [0.717, 1.165) is 11.1 Å². The molecule has 34 heavy (non-hydrogen) atoms. The van der Waals surface area contributed by atoms with E-state index in [-0.39, 0.29) is 18.2 Å². The molecule has 0 radical (unpaired) electrons. The Hall–Kier alpha value is -3.45. The molecule has 0 spiro atoms. The fourth-order valence-corrected chi connectivity index (χ4v) is 4.76. The lowest BCUT2D eigenvalue weighted by atomic mass is 9.90. The molecule has 2 aliphatic rings. The highest BCUT2D eigenvalue weighted by Gasteiger charge is 2.39. The number of ketones is 1. The van der Waals surface area contributed by atoms with Crippen molar-refractivity contribution in [1.29, 1.82) is 0 Å². The Kier molecular flexibility index (Phi) is 7.43. The maximum Gasteiger partial charge on any atom is 0.379 e. The van der Waals surface area contributed by atoms with Crippen LogP contribution in [0.3, 0.4) is 0 Å². The van der Waals surface area contributed by atoms with Gasteiger partial charge in [0.2, 0.25) is 0 Å². The Morgan fingerprint density at radius 1 is 1.09 bits per heavy atom. The van der Waals surface area contributed by atoms with Crippen molar-refractivity contribution in [2.24, 2.45) is 0 Å². The van der Waals surface area contributed by atoms with Gasteiger partial charge in [-0.3, -0.25) is 9.69 Å². The van der Waals surface area contributed by atoms with Gasteiger partial charge in [0.05, 0.1) is 23.9 Å². The summed E-state index contributed by atoms with van der Waals surface area (Å²) in [6.07, 6.45) is 4.89. The van der Waals surface area contributed by atoms with E-state index in [1.807, 2.05) is 42.5 Å². The first-order chi connectivity index (χ1) is 16.5. The van der Waals surface area contributed by atoms with Gasteiger partial charge in [0.25, 0.3) is 5.78 Å². The van der Waals surface area contributed by atoms with E-state index >= 15 is 0 Å². The van der Waals surface area contributed by atoms with Crippen molar-refractivity contribution in [2.75, 3.05) is 11.5 Å². The van der Waals surface area contributed by atoms with Crippen LogP contribution in [0, 0.1) is 0 Å². The molecular weight excluding hydrogens is 430 g/mol. The van der Waals surface area contributed by atoms with Gasteiger partial charge in [-0.15, -0.1) is 0 Å². The summed E-state index contributed by atoms with van der Waals surface area (Å²) < 4.78 is 5.01. The van der Waals surface area contributed by atoms with Crippen LogP contribution in [-0.2, 0) is 20.9 Å². The summed E-state index contributed by atoms with van der Waals surface area (Å²) in [5.41, 5.74) is 3.04. The molecule has 1 fully saturated rings. The first-order valence-corrected chi connectivity index (χ1v) is 11.9. The number of benzene rings is 2. The Morgan fingerprint density at radius 3 is 2.53 bits per heavy atom. The number of nitrogens with one attached hydrogen (secondary N) is 2. The lowest BCUT2D eigenvalue weighted by Gasteiger charge is -2.35. The van der Waals surface area contributed by atoms with Gasteiger partial charge in [0.1, 0.15) is 0 Å². The van der Waals surface area contributed by atoms with Gasteiger partial charge in [0.15, 0.2) is 0 Å². The van der Waals surface area contributed by atoms with Crippen LogP contribution in [0.4, 0.5) is 10.5 Å². The molecule has 1 aliphatic heterocycles. The number of amides is 2. The number of carbonyl (C=O) groups excluding carboxylic acids is 3. The number of allylic oxidation sites excluding steroid dienone is 1. The number of anilines is 1. The van der Waals surface area contributed by atoms with Gasteiger partial charge >= 0.3 is 12.0 Å². The van der Waals surface area contributed by atoms with Crippen LogP contribution in [-0.4, -0.2) is 30.4 Å². The molecule has 2 aromatic carbocycles. The molecule has 0 saturated heterocycles. The minimum atomic E-state index is -0.926. The maximum atomic E-state index is 13.2. The third-order valence-corrected chi connectivity index (χ3v) is 6.44. The minimum Gasteiger partial charge on any atom is -0.460 e. The average Bonchev–Trinajstić information content (AvgIpc) is 3.37. The Labute approximate surface area is 200 Å². The van der Waals surface area contributed by atoms with Gasteiger partial charge in [-0.2, -0.15) is 0 Å². The summed E-state index contributed by atoms with van der Waals surface area (Å²) in [4.78, 5) is 40.3. The third-order valence-electron chi connectivity index (χ3n) is 6.44. The fourth-order valence-electron chi connectivity index (χ4n) is 4.76. The van der Waals surface area contributed by atoms with Gasteiger partial charge in [-0.1, -0.05) is 55.3 Å². The van der Waals surface area contributed by atoms with Crippen LogP contribution in [0.25, 0.3) is 0 Å². The summed E-state index contributed by atoms with van der Waals surface area (Å²) in [5.74, 6) is -1.68. The molecule has 1 heterocycles. The topological polar surface area (TPSA) is 87.7 Å². The van der Waals surface area contributed by atoms with E-state index in [4.69, 9.17) is 4.74 Å². The molecule has 1 saturated carbocycles. The lowest BCUT2D eigenvalue weighted by Crippen LogP contribution is -2.49. The summed E-state index contributed by atoms with van der Waals surface area (Å²) in [6.45, 7) is 4.15. The highest BCUT2D eigenvalue weighted by molar-refractivity contribution is 6.41. The molecule has 1 atom stereocenters. The smallest absolute Gasteiger partial charge is 0.379 e. The van der Waals surface area contributed by atoms with E-state index < -0.39 is 17.8 Å². The summed E-state index contributed by atoms with van der Waals surface area (Å²) in [5, 5.41) is 6.54. The van der Waals surface area contributed by atoms with Crippen molar-refractivity contribution >= 4 is 23.5 Å². The summed E-state index contributed by atoms with van der Waals surface area (Å²) in [7, 11) is 0. The zero-order valence-corrected chi connectivity index (χ0v) is 19.7. The molecule has 0 bridgehead atoms. The normalized spacial score (nSPS) is 18.7. The van der Waals surface area contributed by atoms with Crippen molar-refractivity contribution in [3.05, 3.63) is 77.0 Å². The van der Waals surface area contributed by atoms with Crippen LogP contribution >= 0.6 is 0 Å². The monoisotopic (exact) mass is 461 g/mol. The van der Waals surface area contributed by atoms with Gasteiger partial charge in [-0.25, -0.2) is 9.59 Å². The largest absolute Gasteiger partial charge is 0.460 e. The van der Waals surface area contributed by atoms with E-state index in [0.29, 0.717) is 24.0 Å². The Bertz CT molecular complexity index is 1090. The van der Waals surface area contributed by atoms with E-state index in [2.05, 4.69) is 10.6 Å². The van der Waals surface area contributed by atoms with Crippen LogP contribution in [0.1, 0.15) is 56.7 Å². The van der Waals surface area contributed by atoms with Crippen LogP contribution in [0.5, 0.6) is 0 Å². The second kappa shape index (κ2) is 10.7. The molecule has 7 nitrogen and oxygen atoms in total. The first-order valence-electron chi connectivity index (χ1n) is 11.9. The molecule has 2 amide bonds. The number of hydrogen-bond acceptors (Lipinski definition) is 5. The number of ether oxygens (including phenoxy) is 1. The molecule has 0 aromatic heterocycles. The summed E-state index contributed by atoms with van der Waals surface area (Å²) in [6, 6.07) is 16.3. The second-order valence-electron chi connectivity index (χ2n) is 8.71. The van der Waals surface area contributed by atoms with Crippen LogP contribution in [0.15, 0.2) is 65.9 Å². The molecule has 7 heteroatoms. The zero-order chi connectivity index (χ0) is 24.1. The predicted octanol–water partition coefficient (Wildman–Crippen LogP) is 4.40. The van der Waals surface area contributed by atoms with Crippen molar-refractivity contribution in [2.45, 2.75) is 58.2 Å². The lowest BCUT2D eigenvalue weighted by molar-refractivity contribution is -0.152. The minimum absolute atomic E-state index is 0.0959. The first kappa shape index (κ1) is 23.7. The second-order valence-corrected chi connectivity index (χ2v) is 8.71. The molecule has 1 aliphatic carbocycles. The van der Waals surface area contributed by atoms with E-state index in [9.17, 15) is 14.4 Å².